The number of hydrogen-bond acceptors (Lipinski definition) is 6. The number of hydrogen-bond donors (Lipinski definition) is 0. The highest BCUT2D eigenvalue weighted by atomic mass is 32.2. The third-order valence-electron chi connectivity index (χ3n) is 5.47. The molecule has 8 nitrogen and oxygen atoms in total. The summed E-state index contributed by atoms with van der Waals surface area (Å²) in [5.41, 5.74) is 1.05. The average molecular weight is 443 g/mol. The maximum absolute atomic E-state index is 12.6. The van der Waals surface area contributed by atoms with Crippen molar-refractivity contribution < 1.29 is 13.2 Å². The molecule has 1 aromatic carbocycles. The zero-order chi connectivity index (χ0) is 22.2. The van der Waals surface area contributed by atoms with Crippen LogP contribution in [0.1, 0.15) is 26.7 Å². The summed E-state index contributed by atoms with van der Waals surface area (Å²) in [5, 5.41) is 1.29. The molecule has 4 rings (SSSR count). The minimum Gasteiger partial charge on any atom is -0.489 e. The first-order valence-corrected chi connectivity index (χ1v) is 12.1. The minimum absolute atomic E-state index is 0.0533. The van der Waals surface area contributed by atoms with Gasteiger partial charge in [-0.05, 0) is 44.1 Å². The van der Waals surface area contributed by atoms with E-state index in [4.69, 9.17) is 4.74 Å². The third-order valence-corrected chi connectivity index (χ3v) is 7.29. The molecule has 1 saturated carbocycles. The molecule has 1 fully saturated rings. The highest BCUT2D eigenvalue weighted by Crippen LogP contribution is 2.36. The largest absolute Gasteiger partial charge is 0.489 e. The highest BCUT2D eigenvalue weighted by molar-refractivity contribution is 7.92. The van der Waals surface area contributed by atoms with E-state index in [0.717, 1.165) is 18.2 Å². The number of anilines is 1. The third kappa shape index (κ3) is 4.14. The van der Waals surface area contributed by atoms with E-state index in [1.165, 1.54) is 15.1 Å². The number of nitrogens with zero attached hydrogens (tertiary/aromatic N) is 4. The van der Waals surface area contributed by atoms with E-state index in [0.29, 0.717) is 34.9 Å². The van der Waals surface area contributed by atoms with Crippen molar-refractivity contribution in [1.82, 2.24) is 14.5 Å². The minimum atomic E-state index is -3.54. The average Bonchev–Trinajstić information content (AvgIpc) is 3.60. The molecule has 0 unspecified atom stereocenters. The molecule has 164 valence electrons. The second-order valence-electron chi connectivity index (χ2n) is 7.71. The molecule has 0 N–H and O–H groups in total. The molecule has 0 bridgehead atoms. The van der Waals surface area contributed by atoms with Crippen molar-refractivity contribution in [3.63, 3.8) is 0 Å². The van der Waals surface area contributed by atoms with Gasteiger partial charge in [0.1, 0.15) is 5.69 Å². The van der Waals surface area contributed by atoms with E-state index >= 15 is 0 Å². The Labute approximate surface area is 181 Å². The van der Waals surface area contributed by atoms with Gasteiger partial charge in [-0.25, -0.2) is 22.7 Å². The molecule has 0 spiro atoms. The summed E-state index contributed by atoms with van der Waals surface area (Å²) in [6.07, 6.45) is 5.52. The van der Waals surface area contributed by atoms with Gasteiger partial charge >= 0.3 is 0 Å². The summed E-state index contributed by atoms with van der Waals surface area (Å²) in [5.74, 6) is 1.04. The predicted molar refractivity (Wildman–Crippen MR) is 121 cm³/mol. The molecule has 0 saturated heterocycles. The van der Waals surface area contributed by atoms with Gasteiger partial charge in [0.15, 0.2) is 5.75 Å². The van der Waals surface area contributed by atoms with Gasteiger partial charge in [0.25, 0.3) is 5.56 Å². The lowest BCUT2D eigenvalue weighted by atomic mass is 10.0. The smallest absolute Gasteiger partial charge is 0.258 e. The number of aromatic nitrogens is 3. The van der Waals surface area contributed by atoms with Crippen molar-refractivity contribution in [3.8, 4) is 17.0 Å². The summed E-state index contributed by atoms with van der Waals surface area (Å²) in [4.78, 5) is 21.6. The molecule has 3 aromatic rings. The maximum atomic E-state index is 12.6. The van der Waals surface area contributed by atoms with Gasteiger partial charge in [-0.3, -0.25) is 4.79 Å². The van der Waals surface area contributed by atoms with Gasteiger partial charge < -0.3 is 9.30 Å². The van der Waals surface area contributed by atoms with E-state index in [2.05, 4.69) is 9.97 Å². The number of fused-ring (bicyclic) bond motifs is 1. The lowest BCUT2D eigenvalue weighted by Gasteiger charge is -2.21. The molecule has 0 atom stereocenters. The molecule has 9 heteroatoms. The van der Waals surface area contributed by atoms with Crippen LogP contribution < -0.4 is 14.6 Å². The number of sulfonamides is 1. The molecule has 2 heterocycles. The molecule has 0 radical (unpaired) electrons. The number of benzene rings is 1. The second-order valence-corrected chi connectivity index (χ2v) is 9.89. The normalized spacial score (nSPS) is 14.0. The second kappa shape index (κ2) is 8.30. The summed E-state index contributed by atoms with van der Waals surface area (Å²) < 4.78 is 33.9. The van der Waals surface area contributed by atoms with Crippen LogP contribution in [0.4, 0.5) is 5.95 Å². The fraction of sp³-hybridized carbons (Fsp3) is 0.409. The zero-order valence-corrected chi connectivity index (χ0v) is 18.7. The molecular formula is C22H26N4O4S. The van der Waals surface area contributed by atoms with Crippen LogP contribution in [0.2, 0.25) is 0 Å². The Kier molecular flexibility index (Phi) is 5.70. The van der Waals surface area contributed by atoms with Gasteiger partial charge in [-0.15, -0.1) is 0 Å². The predicted octanol–water partition coefficient (Wildman–Crippen LogP) is 2.96. The SMILES string of the molecule is CCN(c1ncc(OCC2CC2)c(-c2cn(C)c(=O)c3ccccc23)n1)S(=O)(=O)CC. The van der Waals surface area contributed by atoms with E-state index in [1.54, 1.807) is 33.2 Å². The van der Waals surface area contributed by atoms with Gasteiger partial charge in [0, 0.05) is 30.7 Å². The van der Waals surface area contributed by atoms with Gasteiger partial charge in [0.05, 0.1) is 18.6 Å². The summed E-state index contributed by atoms with van der Waals surface area (Å²) in [6, 6.07) is 7.31. The molecular weight excluding hydrogens is 416 g/mol. The van der Waals surface area contributed by atoms with Crippen molar-refractivity contribution in [1.29, 1.82) is 0 Å². The van der Waals surface area contributed by atoms with Crippen molar-refractivity contribution >= 4 is 26.7 Å². The van der Waals surface area contributed by atoms with Crippen LogP contribution >= 0.6 is 0 Å². The first-order chi connectivity index (χ1) is 14.9. The van der Waals surface area contributed by atoms with Gasteiger partial charge in [-0.2, -0.15) is 0 Å². The standard InChI is InChI=1S/C22H26N4O4S/c1-4-26(31(28,29)5-2)22-23-12-19(30-14-15-10-11-15)20(24-22)18-13-25(3)21(27)17-9-7-6-8-16(17)18/h6-9,12-13,15H,4-5,10-11,14H2,1-3H3. The van der Waals surface area contributed by atoms with Crippen molar-refractivity contribution in [2.24, 2.45) is 13.0 Å². The number of pyridine rings is 1. The Morgan fingerprint density at radius 2 is 1.90 bits per heavy atom. The zero-order valence-electron chi connectivity index (χ0n) is 17.9. The molecule has 31 heavy (non-hydrogen) atoms. The summed E-state index contributed by atoms with van der Waals surface area (Å²) in [6.45, 7) is 4.11. The van der Waals surface area contributed by atoms with Gasteiger partial charge in [-0.1, -0.05) is 18.2 Å². The Bertz CT molecular complexity index is 1280. The Balaban J connectivity index is 1.93. The topological polar surface area (TPSA) is 94.4 Å². The van der Waals surface area contributed by atoms with E-state index in [9.17, 15) is 13.2 Å². The highest BCUT2D eigenvalue weighted by Gasteiger charge is 2.26. The van der Waals surface area contributed by atoms with Crippen LogP contribution in [0.15, 0.2) is 41.5 Å². The van der Waals surface area contributed by atoms with E-state index in [-0.39, 0.29) is 23.8 Å². The van der Waals surface area contributed by atoms with Crippen LogP contribution in [-0.2, 0) is 17.1 Å². The van der Waals surface area contributed by atoms with Gasteiger partial charge in [0.2, 0.25) is 16.0 Å². The Morgan fingerprint density at radius 3 is 2.55 bits per heavy atom. The summed E-state index contributed by atoms with van der Waals surface area (Å²) >= 11 is 0. The fourth-order valence-electron chi connectivity index (χ4n) is 3.50. The van der Waals surface area contributed by atoms with Crippen LogP contribution in [0, 0.1) is 5.92 Å². The molecule has 0 aliphatic heterocycles. The van der Waals surface area contributed by atoms with Crippen LogP contribution in [0.3, 0.4) is 0 Å². The van der Waals surface area contributed by atoms with Crippen LogP contribution in [-0.4, -0.2) is 41.9 Å². The first-order valence-electron chi connectivity index (χ1n) is 10.4. The van der Waals surface area contributed by atoms with Crippen molar-refractivity contribution in [3.05, 3.63) is 47.0 Å². The van der Waals surface area contributed by atoms with Crippen LogP contribution in [0.5, 0.6) is 5.75 Å². The number of aryl methyl sites for hydroxylation is 1. The van der Waals surface area contributed by atoms with Crippen LogP contribution in [0.25, 0.3) is 22.0 Å². The lowest BCUT2D eigenvalue weighted by Crippen LogP contribution is -2.33. The molecule has 0 amide bonds. The van der Waals surface area contributed by atoms with E-state index < -0.39 is 10.0 Å². The van der Waals surface area contributed by atoms with E-state index in [1.807, 2.05) is 18.2 Å². The Morgan fingerprint density at radius 1 is 1.19 bits per heavy atom. The maximum Gasteiger partial charge on any atom is 0.258 e. The number of ether oxygens (including phenoxy) is 1. The fourth-order valence-corrected chi connectivity index (χ4v) is 4.54. The molecule has 1 aliphatic carbocycles. The van der Waals surface area contributed by atoms with Crippen molar-refractivity contribution in [2.45, 2.75) is 26.7 Å². The molecule has 2 aromatic heterocycles. The lowest BCUT2D eigenvalue weighted by molar-refractivity contribution is 0.299. The Hall–Kier alpha value is -2.94. The monoisotopic (exact) mass is 442 g/mol. The van der Waals surface area contributed by atoms with Crippen molar-refractivity contribution in [2.75, 3.05) is 23.2 Å². The summed E-state index contributed by atoms with van der Waals surface area (Å²) in [7, 11) is -1.85. The quantitative estimate of drug-likeness (QED) is 0.532. The molecule has 1 aliphatic rings. The first kappa shape index (κ1) is 21.3. The number of rotatable bonds is 8.